The van der Waals surface area contributed by atoms with Crippen LogP contribution in [0.4, 0.5) is 0 Å². The Hall–Kier alpha value is -1.30. The van der Waals surface area contributed by atoms with Crippen LogP contribution in [-0.2, 0) is 0 Å². The third-order valence-electron chi connectivity index (χ3n) is 3.00. The maximum atomic E-state index is 12.2. The summed E-state index contributed by atoms with van der Waals surface area (Å²) in [5.74, 6) is -1.24. The highest BCUT2D eigenvalue weighted by molar-refractivity contribution is 6.75. The summed E-state index contributed by atoms with van der Waals surface area (Å²) in [6.07, 6.45) is 1.41. The minimum atomic E-state index is -1.93. The highest BCUT2D eigenvalue weighted by Crippen LogP contribution is 2.28. The second-order valence-electron chi connectivity index (χ2n) is 5.50. The van der Waals surface area contributed by atoms with Crippen molar-refractivity contribution in [3.63, 3.8) is 0 Å². The molecule has 1 heterocycles. The van der Waals surface area contributed by atoms with Crippen LogP contribution in [0.25, 0.3) is 10.9 Å². The summed E-state index contributed by atoms with van der Waals surface area (Å²) in [5.41, 5.74) is -0.174. The first kappa shape index (κ1) is 15.1. The Morgan fingerprint density at radius 2 is 1.75 bits per heavy atom. The van der Waals surface area contributed by atoms with Gasteiger partial charge in [-0.15, -0.1) is 0 Å². The summed E-state index contributed by atoms with van der Waals surface area (Å²) < 4.78 is 1.86. The third kappa shape index (κ3) is 2.48. The summed E-state index contributed by atoms with van der Waals surface area (Å²) in [4.78, 5) is 23.5. The highest BCUT2D eigenvalue weighted by Gasteiger charge is 2.23. The second kappa shape index (κ2) is 4.91. The van der Waals surface area contributed by atoms with Gasteiger partial charge in [0, 0.05) is 17.1 Å². The zero-order chi connectivity index (χ0) is 15.2. The number of benzene rings is 1. The van der Waals surface area contributed by atoms with E-state index in [9.17, 15) is 14.7 Å². The molecule has 1 aromatic heterocycles. The van der Waals surface area contributed by atoms with Crippen LogP contribution in [0.5, 0.6) is 0 Å². The van der Waals surface area contributed by atoms with Crippen molar-refractivity contribution in [2.45, 2.75) is 19.6 Å². The number of carboxylic acids is 1. The van der Waals surface area contributed by atoms with Crippen LogP contribution in [-0.4, -0.2) is 23.5 Å². The lowest BCUT2D eigenvalue weighted by molar-refractivity contribution is 0.0695. The summed E-state index contributed by atoms with van der Waals surface area (Å²) in [6, 6.07) is 3.05. The van der Waals surface area contributed by atoms with Crippen LogP contribution in [0.15, 0.2) is 23.1 Å². The standard InChI is InChI=1S/C13H13Cl2NO3Si/c1-20(2,3)16-6-8(13(18)19)12(17)7-4-9(14)10(15)5-11(7)16/h4-6H,1-3H3,(H,18,19). The van der Waals surface area contributed by atoms with Gasteiger partial charge < -0.3 is 9.34 Å². The number of carboxylic acid groups (broad SMARTS) is 1. The maximum Gasteiger partial charge on any atom is 0.341 e. The van der Waals surface area contributed by atoms with Crippen molar-refractivity contribution in [3.8, 4) is 0 Å². The maximum absolute atomic E-state index is 12.2. The number of aromatic carboxylic acids is 1. The molecule has 0 saturated heterocycles. The first-order valence-electron chi connectivity index (χ1n) is 5.91. The van der Waals surface area contributed by atoms with Gasteiger partial charge in [-0.3, -0.25) is 4.79 Å². The number of nitrogens with zero attached hydrogens (tertiary/aromatic N) is 1. The Kier molecular flexibility index (Phi) is 3.71. The van der Waals surface area contributed by atoms with Gasteiger partial charge >= 0.3 is 5.97 Å². The number of fused-ring (bicyclic) bond motifs is 1. The molecule has 0 spiro atoms. The SMILES string of the molecule is C[Si](C)(C)n1cc(C(=O)O)c(=O)c2cc(Cl)c(Cl)cc21. The molecule has 0 aliphatic carbocycles. The zero-order valence-corrected chi connectivity index (χ0v) is 13.7. The van der Waals surface area contributed by atoms with Gasteiger partial charge in [0.15, 0.2) is 8.24 Å². The van der Waals surface area contributed by atoms with Gasteiger partial charge in [-0.2, -0.15) is 0 Å². The Bertz CT molecular complexity index is 778. The lowest BCUT2D eigenvalue weighted by Gasteiger charge is -2.24. The van der Waals surface area contributed by atoms with Crippen LogP contribution in [0, 0.1) is 0 Å². The fourth-order valence-electron chi connectivity index (χ4n) is 2.03. The van der Waals surface area contributed by atoms with Crippen molar-refractivity contribution in [2.24, 2.45) is 0 Å². The van der Waals surface area contributed by atoms with Gasteiger partial charge in [-0.05, 0) is 12.1 Å². The van der Waals surface area contributed by atoms with E-state index in [1.165, 1.54) is 12.3 Å². The lowest BCUT2D eigenvalue weighted by atomic mass is 10.1. The van der Waals surface area contributed by atoms with E-state index in [0.717, 1.165) is 0 Å². The van der Waals surface area contributed by atoms with Crippen molar-refractivity contribution in [1.82, 2.24) is 4.23 Å². The topological polar surface area (TPSA) is 59.3 Å². The fraction of sp³-hybridized carbons (Fsp3) is 0.231. The van der Waals surface area contributed by atoms with Crippen LogP contribution in [0.3, 0.4) is 0 Å². The molecule has 2 aromatic rings. The van der Waals surface area contributed by atoms with Crippen LogP contribution < -0.4 is 5.43 Å². The Morgan fingerprint density at radius 3 is 2.25 bits per heavy atom. The molecular weight excluding hydrogens is 317 g/mol. The average molecular weight is 330 g/mol. The summed E-state index contributed by atoms with van der Waals surface area (Å²) in [7, 11) is -1.93. The smallest absolute Gasteiger partial charge is 0.341 e. The molecule has 2 rings (SSSR count). The Morgan fingerprint density at radius 1 is 1.20 bits per heavy atom. The molecule has 20 heavy (non-hydrogen) atoms. The van der Waals surface area contributed by atoms with Crippen LogP contribution in [0.1, 0.15) is 10.4 Å². The molecule has 0 radical (unpaired) electrons. The molecule has 4 nitrogen and oxygen atoms in total. The van der Waals surface area contributed by atoms with E-state index in [-0.39, 0.29) is 16.0 Å². The van der Waals surface area contributed by atoms with Crippen molar-refractivity contribution >= 4 is 48.3 Å². The number of rotatable bonds is 2. The number of aromatic nitrogens is 1. The van der Waals surface area contributed by atoms with Gasteiger partial charge in [0.1, 0.15) is 5.56 Å². The first-order valence-corrected chi connectivity index (χ1v) is 10.1. The molecule has 0 aliphatic rings. The number of pyridine rings is 1. The normalized spacial score (nSPS) is 11.8. The number of carbonyl (C=O) groups is 1. The largest absolute Gasteiger partial charge is 0.477 e. The van der Waals surface area contributed by atoms with Crippen LogP contribution >= 0.6 is 23.2 Å². The zero-order valence-electron chi connectivity index (χ0n) is 11.2. The van der Waals surface area contributed by atoms with E-state index in [2.05, 4.69) is 0 Å². The van der Waals surface area contributed by atoms with E-state index >= 15 is 0 Å². The van der Waals surface area contributed by atoms with E-state index < -0.39 is 19.6 Å². The fourth-order valence-corrected chi connectivity index (χ4v) is 3.77. The Labute approximate surface area is 126 Å². The highest BCUT2D eigenvalue weighted by atomic mass is 35.5. The molecule has 0 unspecified atom stereocenters. The van der Waals surface area contributed by atoms with Crippen LogP contribution in [0.2, 0.25) is 29.7 Å². The molecule has 0 aliphatic heterocycles. The molecule has 0 bridgehead atoms. The first-order chi connectivity index (χ1) is 9.12. The van der Waals surface area contributed by atoms with Gasteiger partial charge in [0.2, 0.25) is 5.43 Å². The van der Waals surface area contributed by atoms with Gasteiger partial charge in [-0.25, -0.2) is 4.79 Å². The molecule has 1 N–H and O–H groups in total. The predicted molar refractivity (Wildman–Crippen MR) is 83.9 cm³/mol. The number of hydrogen-bond donors (Lipinski definition) is 1. The minimum absolute atomic E-state index is 0.237. The van der Waals surface area contributed by atoms with Crippen molar-refractivity contribution in [3.05, 3.63) is 44.2 Å². The minimum Gasteiger partial charge on any atom is -0.477 e. The van der Waals surface area contributed by atoms with E-state index in [1.54, 1.807) is 6.07 Å². The summed E-state index contributed by atoms with van der Waals surface area (Å²) in [6.45, 7) is 6.14. The third-order valence-corrected chi connectivity index (χ3v) is 5.54. The van der Waals surface area contributed by atoms with E-state index in [4.69, 9.17) is 23.2 Å². The number of hydrogen-bond acceptors (Lipinski definition) is 2. The molecule has 7 heteroatoms. The van der Waals surface area contributed by atoms with Gasteiger partial charge in [-0.1, -0.05) is 42.8 Å². The number of halogens is 2. The monoisotopic (exact) mass is 329 g/mol. The van der Waals surface area contributed by atoms with Gasteiger partial charge in [0.25, 0.3) is 0 Å². The summed E-state index contributed by atoms with van der Waals surface area (Å²) in [5, 5.41) is 10.0. The van der Waals surface area contributed by atoms with E-state index in [0.29, 0.717) is 10.5 Å². The summed E-state index contributed by atoms with van der Waals surface area (Å²) >= 11 is 12.0. The molecule has 106 valence electrons. The molecule has 0 saturated carbocycles. The lowest BCUT2D eigenvalue weighted by Crippen LogP contribution is -2.35. The molecule has 0 amide bonds. The van der Waals surface area contributed by atoms with E-state index in [1.807, 2.05) is 23.9 Å². The molecule has 0 atom stereocenters. The molecule has 1 aromatic carbocycles. The van der Waals surface area contributed by atoms with Gasteiger partial charge in [0.05, 0.1) is 10.0 Å². The Balaban J connectivity index is 3.05. The molecular formula is C13H13Cl2NO3Si. The second-order valence-corrected chi connectivity index (χ2v) is 11.1. The van der Waals surface area contributed by atoms with Crippen molar-refractivity contribution < 1.29 is 9.90 Å². The average Bonchev–Trinajstić information content (AvgIpc) is 2.30. The quantitative estimate of drug-likeness (QED) is 0.855. The molecule has 0 fully saturated rings. The van der Waals surface area contributed by atoms with Crippen molar-refractivity contribution in [2.75, 3.05) is 0 Å². The van der Waals surface area contributed by atoms with Crippen molar-refractivity contribution in [1.29, 1.82) is 0 Å². The predicted octanol–water partition coefficient (Wildman–Crippen LogP) is 3.69.